The van der Waals surface area contributed by atoms with E-state index in [1.165, 1.54) is 16.4 Å². The molecule has 104 valence electrons. The molecule has 2 rings (SSSR count). The number of rotatable bonds is 3. The summed E-state index contributed by atoms with van der Waals surface area (Å²) in [5, 5.41) is 10.9. The summed E-state index contributed by atoms with van der Waals surface area (Å²) in [5.74, 6) is 0. The van der Waals surface area contributed by atoms with E-state index in [2.05, 4.69) is 0 Å². The molecule has 0 bridgehead atoms. The highest BCUT2D eigenvalue weighted by molar-refractivity contribution is 7.89. The van der Waals surface area contributed by atoms with Gasteiger partial charge in [0.2, 0.25) is 10.0 Å². The van der Waals surface area contributed by atoms with Crippen molar-refractivity contribution in [2.24, 2.45) is 5.73 Å². The van der Waals surface area contributed by atoms with Gasteiger partial charge in [-0.05, 0) is 25.8 Å². The molecule has 1 unspecified atom stereocenters. The molecule has 0 aliphatic carbocycles. The van der Waals surface area contributed by atoms with Crippen LogP contribution < -0.4 is 5.73 Å². The molecule has 8 heteroatoms. The molecule has 7 nitrogen and oxygen atoms in total. The molecule has 1 aliphatic heterocycles. The monoisotopic (exact) mass is 285 g/mol. The first-order valence-electron chi connectivity index (χ1n) is 5.86. The van der Waals surface area contributed by atoms with Gasteiger partial charge in [-0.15, -0.1) is 0 Å². The lowest BCUT2D eigenvalue weighted by molar-refractivity contribution is -0.385. The highest BCUT2D eigenvalue weighted by Gasteiger charge is 2.34. The van der Waals surface area contributed by atoms with Crippen LogP contribution in [0.3, 0.4) is 0 Å². The Morgan fingerprint density at radius 1 is 1.47 bits per heavy atom. The van der Waals surface area contributed by atoms with Gasteiger partial charge >= 0.3 is 0 Å². The maximum Gasteiger partial charge on any atom is 0.273 e. The number of nitrogens with two attached hydrogens (primary N) is 1. The van der Waals surface area contributed by atoms with Gasteiger partial charge in [0, 0.05) is 18.2 Å². The lowest BCUT2D eigenvalue weighted by Gasteiger charge is -2.20. The Kier molecular flexibility index (Phi) is 3.57. The van der Waals surface area contributed by atoms with Gasteiger partial charge in [0.1, 0.15) is 0 Å². The van der Waals surface area contributed by atoms with Crippen LogP contribution in [-0.2, 0) is 10.0 Å². The van der Waals surface area contributed by atoms with Crippen LogP contribution in [0.4, 0.5) is 5.69 Å². The Balaban J connectivity index is 2.46. The van der Waals surface area contributed by atoms with E-state index < -0.39 is 21.1 Å². The SMILES string of the molecule is Cc1ccc(S(=O)(=O)N2CCCC2N)cc1[N+](=O)[O-]. The van der Waals surface area contributed by atoms with E-state index in [0.717, 1.165) is 6.07 Å². The van der Waals surface area contributed by atoms with Gasteiger partial charge in [-0.3, -0.25) is 10.1 Å². The number of benzene rings is 1. The fourth-order valence-corrected chi connectivity index (χ4v) is 3.75. The van der Waals surface area contributed by atoms with Crippen molar-refractivity contribution in [1.29, 1.82) is 0 Å². The van der Waals surface area contributed by atoms with Crippen molar-refractivity contribution in [3.05, 3.63) is 33.9 Å². The van der Waals surface area contributed by atoms with Crippen LogP contribution in [0.5, 0.6) is 0 Å². The third-order valence-electron chi connectivity index (χ3n) is 3.23. The number of nitrogens with zero attached hydrogens (tertiary/aromatic N) is 2. The molecule has 1 aromatic carbocycles. The van der Waals surface area contributed by atoms with Crippen LogP contribution in [0.15, 0.2) is 23.1 Å². The molecular weight excluding hydrogens is 270 g/mol. The average Bonchev–Trinajstić information content (AvgIpc) is 2.76. The van der Waals surface area contributed by atoms with Gasteiger partial charge in [0.25, 0.3) is 5.69 Å². The van der Waals surface area contributed by atoms with Crippen LogP contribution in [0.25, 0.3) is 0 Å². The van der Waals surface area contributed by atoms with Crippen molar-refractivity contribution in [2.45, 2.75) is 30.8 Å². The van der Waals surface area contributed by atoms with Crippen LogP contribution in [-0.4, -0.2) is 30.4 Å². The molecule has 0 saturated carbocycles. The summed E-state index contributed by atoms with van der Waals surface area (Å²) in [6.45, 7) is 1.92. The van der Waals surface area contributed by atoms with Crippen molar-refractivity contribution < 1.29 is 13.3 Å². The molecule has 1 fully saturated rings. The quantitative estimate of drug-likeness (QED) is 0.658. The molecule has 1 aliphatic rings. The molecular formula is C11H15N3O4S. The Hall–Kier alpha value is -1.51. The van der Waals surface area contributed by atoms with Gasteiger partial charge in [-0.2, -0.15) is 4.31 Å². The largest absolute Gasteiger partial charge is 0.315 e. The van der Waals surface area contributed by atoms with E-state index in [9.17, 15) is 18.5 Å². The third-order valence-corrected chi connectivity index (χ3v) is 5.15. The van der Waals surface area contributed by atoms with Gasteiger partial charge in [-0.25, -0.2) is 8.42 Å². The first-order valence-corrected chi connectivity index (χ1v) is 7.30. The first kappa shape index (κ1) is 13.9. The summed E-state index contributed by atoms with van der Waals surface area (Å²) in [5.41, 5.74) is 5.97. The standard InChI is InChI=1S/C11H15N3O4S/c1-8-4-5-9(7-10(8)14(15)16)19(17,18)13-6-2-3-11(13)12/h4-5,7,11H,2-3,6,12H2,1H3. The summed E-state index contributed by atoms with van der Waals surface area (Å²) in [4.78, 5) is 10.2. The van der Waals surface area contributed by atoms with Crippen molar-refractivity contribution >= 4 is 15.7 Å². The number of nitro benzene ring substituents is 1. The second-order valence-electron chi connectivity index (χ2n) is 4.53. The van der Waals surface area contributed by atoms with E-state index in [1.54, 1.807) is 6.92 Å². The van der Waals surface area contributed by atoms with Crippen LogP contribution in [0, 0.1) is 17.0 Å². The maximum atomic E-state index is 12.4. The maximum absolute atomic E-state index is 12.4. The Morgan fingerprint density at radius 3 is 2.68 bits per heavy atom. The fraction of sp³-hybridized carbons (Fsp3) is 0.455. The highest BCUT2D eigenvalue weighted by atomic mass is 32.2. The molecule has 0 amide bonds. The number of aryl methyl sites for hydroxylation is 1. The van der Waals surface area contributed by atoms with Gasteiger partial charge in [-0.1, -0.05) is 6.07 Å². The third kappa shape index (κ3) is 2.46. The topological polar surface area (TPSA) is 107 Å². The second-order valence-corrected chi connectivity index (χ2v) is 6.42. The molecule has 1 saturated heterocycles. The van der Waals surface area contributed by atoms with Gasteiger partial charge in [0.05, 0.1) is 16.0 Å². The van der Waals surface area contributed by atoms with Crippen LogP contribution in [0.1, 0.15) is 18.4 Å². The minimum atomic E-state index is -3.76. The van der Waals surface area contributed by atoms with E-state index in [4.69, 9.17) is 5.73 Å². The molecule has 0 aromatic heterocycles. The molecule has 19 heavy (non-hydrogen) atoms. The predicted molar refractivity (Wildman–Crippen MR) is 68.9 cm³/mol. The Morgan fingerprint density at radius 2 is 2.16 bits per heavy atom. The first-order chi connectivity index (χ1) is 8.84. The van der Waals surface area contributed by atoms with Crippen molar-refractivity contribution in [3.63, 3.8) is 0 Å². The van der Waals surface area contributed by atoms with E-state index in [0.29, 0.717) is 24.9 Å². The number of sulfonamides is 1. The molecule has 1 aromatic rings. The highest BCUT2D eigenvalue weighted by Crippen LogP contribution is 2.27. The van der Waals surface area contributed by atoms with Crippen LogP contribution >= 0.6 is 0 Å². The van der Waals surface area contributed by atoms with Crippen molar-refractivity contribution in [2.75, 3.05) is 6.54 Å². The van der Waals surface area contributed by atoms with Crippen LogP contribution in [0.2, 0.25) is 0 Å². The summed E-state index contributed by atoms with van der Waals surface area (Å²) >= 11 is 0. The predicted octanol–water partition coefficient (Wildman–Crippen LogP) is 0.973. The van der Waals surface area contributed by atoms with E-state index in [-0.39, 0.29) is 10.6 Å². The Labute approximate surface area is 111 Å². The second kappa shape index (κ2) is 4.87. The van der Waals surface area contributed by atoms with Gasteiger partial charge < -0.3 is 5.73 Å². The molecule has 0 radical (unpaired) electrons. The summed E-state index contributed by atoms with van der Waals surface area (Å²) in [6, 6.07) is 3.91. The zero-order chi connectivity index (χ0) is 14.2. The summed E-state index contributed by atoms with van der Waals surface area (Å²) in [6.07, 6.45) is 0.756. The summed E-state index contributed by atoms with van der Waals surface area (Å²) in [7, 11) is -3.76. The number of hydrogen-bond donors (Lipinski definition) is 1. The lowest BCUT2D eigenvalue weighted by atomic mass is 10.2. The lowest BCUT2D eigenvalue weighted by Crippen LogP contribution is -2.40. The smallest absolute Gasteiger partial charge is 0.273 e. The minimum absolute atomic E-state index is 0.0813. The number of hydrogen-bond acceptors (Lipinski definition) is 5. The van der Waals surface area contributed by atoms with E-state index >= 15 is 0 Å². The molecule has 1 atom stereocenters. The van der Waals surface area contributed by atoms with Gasteiger partial charge in [0.15, 0.2) is 0 Å². The fourth-order valence-electron chi connectivity index (χ4n) is 2.15. The molecule has 0 spiro atoms. The number of nitro groups is 1. The normalized spacial score (nSPS) is 20.6. The van der Waals surface area contributed by atoms with E-state index in [1.807, 2.05) is 0 Å². The molecule has 2 N–H and O–H groups in total. The van der Waals surface area contributed by atoms with Crippen molar-refractivity contribution in [1.82, 2.24) is 4.31 Å². The summed E-state index contributed by atoms with van der Waals surface area (Å²) < 4.78 is 25.9. The Bertz CT molecular complexity index is 614. The minimum Gasteiger partial charge on any atom is -0.315 e. The zero-order valence-electron chi connectivity index (χ0n) is 10.4. The zero-order valence-corrected chi connectivity index (χ0v) is 11.3. The molecule has 1 heterocycles. The van der Waals surface area contributed by atoms with Crippen molar-refractivity contribution in [3.8, 4) is 0 Å². The average molecular weight is 285 g/mol.